The largest absolute Gasteiger partial charge is 0.500 e. The molecule has 4 aromatic rings. The molecule has 0 aliphatic rings. The van der Waals surface area contributed by atoms with E-state index in [2.05, 4.69) is 22.2 Å². The summed E-state index contributed by atoms with van der Waals surface area (Å²) in [5.74, 6) is -0.174. The molecule has 1 N–H and O–H groups in total. The van der Waals surface area contributed by atoms with E-state index in [9.17, 15) is 14.3 Å². The third kappa shape index (κ3) is 3.02. The summed E-state index contributed by atoms with van der Waals surface area (Å²) in [6, 6.07) is 14.7. The first-order valence-corrected chi connectivity index (χ1v) is 8.33. The first-order valence-electron chi connectivity index (χ1n) is 8.33. The summed E-state index contributed by atoms with van der Waals surface area (Å²) in [6.07, 6.45) is 1.90. The molecule has 0 aliphatic carbocycles. The number of aromatic hydroxyl groups is 1. The summed E-state index contributed by atoms with van der Waals surface area (Å²) >= 11 is 0. The van der Waals surface area contributed by atoms with E-state index in [-0.39, 0.29) is 23.7 Å². The minimum atomic E-state index is -0.327. The number of rotatable bonds is 4. The third-order valence-electron chi connectivity index (χ3n) is 4.38. The molecule has 134 valence electrons. The van der Waals surface area contributed by atoms with Gasteiger partial charge in [0.2, 0.25) is 0 Å². The van der Waals surface area contributed by atoms with Gasteiger partial charge in [-0.2, -0.15) is 5.10 Å². The van der Waals surface area contributed by atoms with Crippen LogP contribution in [0, 0.1) is 17.9 Å². The number of halogens is 1. The molecule has 0 saturated carbocycles. The molecule has 27 heavy (non-hydrogen) atoms. The average Bonchev–Trinajstić information content (AvgIpc) is 3.03. The van der Waals surface area contributed by atoms with Gasteiger partial charge in [0.15, 0.2) is 11.4 Å². The third-order valence-corrected chi connectivity index (χ3v) is 4.38. The lowest BCUT2D eigenvalue weighted by molar-refractivity contribution is 0.476. The molecule has 0 saturated heterocycles. The van der Waals surface area contributed by atoms with Crippen molar-refractivity contribution in [1.82, 2.24) is 19.3 Å². The maximum atomic E-state index is 13.4. The average molecular weight is 362 g/mol. The highest BCUT2D eigenvalue weighted by molar-refractivity contribution is 5.77. The predicted molar refractivity (Wildman–Crippen MR) is 97.6 cm³/mol. The van der Waals surface area contributed by atoms with Crippen LogP contribution in [0.4, 0.5) is 4.39 Å². The lowest BCUT2D eigenvalue weighted by atomic mass is 10.1. The van der Waals surface area contributed by atoms with E-state index in [0.717, 1.165) is 5.56 Å². The quantitative estimate of drug-likeness (QED) is 0.605. The molecule has 0 amide bonds. The van der Waals surface area contributed by atoms with Crippen LogP contribution in [0.3, 0.4) is 0 Å². The van der Waals surface area contributed by atoms with Crippen LogP contribution in [0.5, 0.6) is 5.75 Å². The van der Waals surface area contributed by atoms with Gasteiger partial charge < -0.3 is 5.11 Å². The van der Waals surface area contributed by atoms with Crippen molar-refractivity contribution in [2.75, 3.05) is 0 Å². The van der Waals surface area contributed by atoms with E-state index in [1.807, 2.05) is 0 Å². The van der Waals surface area contributed by atoms with Crippen LogP contribution < -0.4 is 5.56 Å². The summed E-state index contributed by atoms with van der Waals surface area (Å²) in [5.41, 5.74) is 1.28. The summed E-state index contributed by atoms with van der Waals surface area (Å²) in [5, 5.41) is 14.7. The second-order valence-corrected chi connectivity index (χ2v) is 6.14. The van der Waals surface area contributed by atoms with Crippen molar-refractivity contribution in [3.63, 3.8) is 0 Å². The zero-order valence-electron chi connectivity index (χ0n) is 14.5. The van der Waals surface area contributed by atoms with E-state index in [1.165, 1.54) is 27.6 Å². The van der Waals surface area contributed by atoms with Crippen LogP contribution in [0.2, 0.25) is 0 Å². The molecule has 7 heteroatoms. The fraction of sp³-hybridized carbons (Fsp3) is 0.150. The summed E-state index contributed by atoms with van der Waals surface area (Å²) in [6.45, 7) is 0.271. The van der Waals surface area contributed by atoms with Crippen LogP contribution in [0.1, 0.15) is 5.56 Å². The van der Waals surface area contributed by atoms with Gasteiger partial charge in [0.1, 0.15) is 17.0 Å². The number of nitrogens with zero attached hydrogens (tertiary/aromatic N) is 4. The van der Waals surface area contributed by atoms with E-state index < -0.39 is 0 Å². The molecule has 0 atom stereocenters. The fourth-order valence-corrected chi connectivity index (χ4v) is 3.02. The smallest absolute Gasteiger partial charge is 0.264 e. The molecule has 4 rings (SSSR count). The van der Waals surface area contributed by atoms with E-state index in [4.69, 9.17) is 0 Å². The van der Waals surface area contributed by atoms with Crippen molar-refractivity contribution in [2.45, 2.75) is 13.0 Å². The molecule has 6 nitrogen and oxygen atoms in total. The fourth-order valence-electron chi connectivity index (χ4n) is 3.02. The Labute approximate surface area is 154 Å². The van der Waals surface area contributed by atoms with Gasteiger partial charge in [-0.25, -0.2) is 9.37 Å². The molecule has 0 unspecified atom stereocenters. The molecule has 0 radical (unpaired) electrons. The van der Waals surface area contributed by atoms with Crippen LogP contribution in [-0.2, 0) is 20.0 Å². The second kappa shape index (κ2) is 6.57. The Kier molecular flexibility index (Phi) is 4.09. The SMILES string of the molecule is Cn1ncc2c(=O)n(CCc3cccc(F)c3)c(-c3ccc#cc3O)nc21. The highest BCUT2D eigenvalue weighted by Gasteiger charge is 2.17. The lowest BCUT2D eigenvalue weighted by Crippen LogP contribution is -2.24. The summed E-state index contributed by atoms with van der Waals surface area (Å²) in [4.78, 5) is 17.6. The predicted octanol–water partition coefficient (Wildman–Crippen LogP) is 2.48. The second-order valence-electron chi connectivity index (χ2n) is 6.14. The van der Waals surface area contributed by atoms with E-state index in [0.29, 0.717) is 28.8 Å². The number of benzene rings is 1. The number of fused-ring (bicyclic) bond motifs is 1. The maximum absolute atomic E-state index is 13.4. The molecule has 0 aliphatic heterocycles. The summed E-state index contributed by atoms with van der Waals surface area (Å²) < 4.78 is 16.4. The Bertz CT molecular complexity index is 1200. The zero-order chi connectivity index (χ0) is 19.0. The first-order chi connectivity index (χ1) is 13.0. The van der Waals surface area contributed by atoms with Gasteiger partial charge >= 0.3 is 0 Å². The molecule has 2 aromatic carbocycles. The monoisotopic (exact) mass is 362 g/mol. The normalized spacial score (nSPS) is 10.9. The van der Waals surface area contributed by atoms with Gasteiger partial charge in [0.25, 0.3) is 5.56 Å². The van der Waals surface area contributed by atoms with E-state index >= 15 is 0 Å². The zero-order valence-corrected chi connectivity index (χ0v) is 14.5. The van der Waals surface area contributed by atoms with Gasteiger partial charge in [-0.1, -0.05) is 18.2 Å². The Morgan fingerprint density at radius 1 is 1.30 bits per heavy atom. The number of hydrogen-bond donors (Lipinski definition) is 1. The molecule has 0 bridgehead atoms. The molecular formula is C20H15FN4O2. The molecular weight excluding hydrogens is 347 g/mol. The Morgan fingerprint density at radius 2 is 2.15 bits per heavy atom. The van der Waals surface area contributed by atoms with Gasteiger partial charge in [0, 0.05) is 13.6 Å². The van der Waals surface area contributed by atoms with Crippen molar-refractivity contribution in [3.8, 4) is 17.1 Å². The number of aryl methyl sites for hydroxylation is 2. The van der Waals surface area contributed by atoms with Crippen molar-refractivity contribution >= 4 is 11.0 Å². The molecule has 2 aromatic heterocycles. The first kappa shape index (κ1) is 16.8. The van der Waals surface area contributed by atoms with Crippen molar-refractivity contribution in [1.29, 1.82) is 0 Å². The van der Waals surface area contributed by atoms with Crippen molar-refractivity contribution < 1.29 is 9.50 Å². The Morgan fingerprint density at radius 3 is 2.93 bits per heavy atom. The minimum Gasteiger partial charge on any atom is -0.500 e. The molecule has 0 spiro atoms. The minimum absolute atomic E-state index is 0.148. The standard InChI is InChI=1S/C20H15FN4O2/c1-24-18-16(12-22-24)20(27)25(10-9-13-5-4-6-14(21)11-13)19(23-18)15-7-2-3-8-17(15)26/h2,4-7,11-12,26H,9-10H2,1H3. The highest BCUT2D eigenvalue weighted by atomic mass is 19.1. The topological polar surface area (TPSA) is 72.9 Å². The Hall–Kier alpha value is -3.66. The molecule has 0 fully saturated rings. The van der Waals surface area contributed by atoms with Crippen LogP contribution in [0.25, 0.3) is 22.4 Å². The lowest BCUT2D eigenvalue weighted by Gasteiger charge is -2.13. The maximum Gasteiger partial charge on any atom is 0.264 e. The van der Waals surface area contributed by atoms with Gasteiger partial charge in [-0.15, -0.1) is 0 Å². The van der Waals surface area contributed by atoms with Gasteiger partial charge in [0.05, 0.1) is 11.8 Å². The Balaban J connectivity index is 1.87. The van der Waals surface area contributed by atoms with Crippen molar-refractivity contribution in [3.05, 3.63) is 76.5 Å². The number of aromatic nitrogens is 4. The van der Waals surface area contributed by atoms with Gasteiger partial charge in [-0.3, -0.25) is 14.0 Å². The highest BCUT2D eigenvalue weighted by Crippen LogP contribution is 2.26. The van der Waals surface area contributed by atoms with Crippen LogP contribution in [-0.4, -0.2) is 24.4 Å². The molecule has 2 heterocycles. The van der Waals surface area contributed by atoms with Crippen molar-refractivity contribution in [2.24, 2.45) is 7.05 Å². The van der Waals surface area contributed by atoms with Crippen LogP contribution >= 0.6 is 0 Å². The van der Waals surface area contributed by atoms with E-state index in [1.54, 1.807) is 31.3 Å². The van der Waals surface area contributed by atoms with Gasteiger partial charge in [-0.05, 0) is 42.3 Å². The number of hydrogen-bond acceptors (Lipinski definition) is 4. The van der Waals surface area contributed by atoms with Crippen LogP contribution in [0.15, 0.2) is 47.4 Å². The summed E-state index contributed by atoms with van der Waals surface area (Å²) in [7, 11) is 1.69.